The van der Waals surface area contributed by atoms with E-state index in [0.717, 1.165) is 11.7 Å². The van der Waals surface area contributed by atoms with E-state index in [2.05, 4.69) is 35.3 Å². The maximum Gasteiger partial charge on any atom is 0.172 e. The molecule has 0 saturated heterocycles. The highest BCUT2D eigenvalue weighted by Gasteiger charge is 2.18. The number of amidine groups is 1. The average Bonchev–Trinajstić information content (AvgIpc) is 2.36. The van der Waals surface area contributed by atoms with Gasteiger partial charge >= 0.3 is 0 Å². The molecule has 2 aliphatic heterocycles. The van der Waals surface area contributed by atoms with E-state index in [4.69, 9.17) is 0 Å². The molecule has 0 spiro atoms. The van der Waals surface area contributed by atoms with Crippen LogP contribution in [0.4, 0.5) is 0 Å². The lowest BCUT2D eigenvalue weighted by atomic mass is 10.2. The van der Waals surface area contributed by atoms with Crippen LogP contribution in [0.3, 0.4) is 0 Å². The number of hydrogen-bond donors (Lipinski definition) is 0. The minimum absolute atomic E-state index is 1.01. The van der Waals surface area contributed by atoms with Gasteiger partial charge in [-0.1, -0.05) is 11.8 Å². The van der Waals surface area contributed by atoms with E-state index < -0.39 is 0 Å². The van der Waals surface area contributed by atoms with Crippen LogP contribution in [0.5, 0.6) is 0 Å². The highest BCUT2D eigenvalue weighted by molar-refractivity contribution is 8.16. The SMILES string of the molecule is CC1=C(C)N=C2SC=CN2C1. The van der Waals surface area contributed by atoms with Gasteiger partial charge in [0.1, 0.15) is 0 Å². The zero-order chi connectivity index (χ0) is 7.84. The summed E-state index contributed by atoms with van der Waals surface area (Å²) in [6.07, 6.45) is 2.08. The Bertz CT molecular complexity index is 276. The van der Waals surface area contributed by atoms with E-state index in [9.17, 15) is 0 Å². The van der Waals surface area contributed by atoms with E-state index in [1.807, 2.05) is 0 Å². The molecule has 0 radical (unpaired) electrons. The van der Waals surface area contributed by atoms with Crippen LogP contribution in [0.1, 0.15) is 13.8 Å². The summed E-state index contributed by atoms with van der Waals surface area (Å²) in [5.74, 6) is 0. The molecule has 0 aromatic carbocycles. The summed E-state index contributed by atoms with van der Waals surface area (Å²) in [5, 5.41) is 3.19. The van der Waals surface area contributed by atoms with Crippen LogP contribution >= 0.6 is 11.8 Å². The Hall–Kier alpha value is -0.700. The summed E-state index contributed by atoms with van der Waals surface area (Å²) in [6, 6.07) is 0. The highest BCUT2D eigenvalue weighted by atomic mass is 32.2. The molecule has 0 aromatic rings. The van der Waals surface area contributed by atoms with Crippen molar-refractivity contribution >= 4 is 16.9 Å². The Morgan fingerprint density at radius 1 is 1.55 bits per heavy atom. The molecule has 0 amide bonds. The first kappa shape index (κ1) is 6.98. The van der Waals surface area contributed by atoms with E-state index in [-0.39, 0.29) is 0 Å². The summed E-state index contributed by atoms with van der Waals surface area (Å²) in [7, 11) is 0. The maximum atomic E-state index is 4.45. The molecule has 58 valence electrons. The smallest absolute Gasteiger partial charge is 0.172 e. The molecule has 0 saturated carbocycles. The summed E-state index contributed by atoms with van der Waals surface area (Å²) in [6.45, 7) is 5.21. The molecule has 0 unspecified atom stereocenters. The van der Waals surface area contributed by atoms with E-state index in [1.54, 1.807) is 11.8 Å². The Balaban J connectivity index is 2.34. The molecule has 0 N–H and O–H groups in total. The lowest BCUT2D eigenvalue weighted by molar-refractivity contribution is 0.604. The molecule has 11 heavy (non-hydrogen) atoms. The third-order valence-electron chi connectivity index (χ3n) is 1.95. The van der Waals surface area contributed by atoms with Crippen molar-refractivity contribution in [1.82, 2.24) is 4.90 Å². The molecule has 2 heterocycles. The van der Waals surface area contributed by atoms with Gasteiger partial charge in [0.25, 0.3) is 0 Å². The standard InChI is InChI=1S/C8H10N2S/c1-6-5-10-3-4-11-8(10)9-7(6)2/h3-4H,5H2,1-2H3. The molecular formula is C8H10N2S. The predicted molar refractivity (Wildman–Crippen MR) is 49.2 cm³/mol. The topological polar surface area (TPSA) is 15.6 Å². The number of thioether (sulfide) groups is 1. The van der Waals surface area contributed by atoms with E-state index in [0.29, 0.717) is 0 Å². The Kier molecular flexibility index (Phi) is 1.53. The highest BCUT2D eigenvalue weighted by Crippen LogP contribution is 2.26. The lowest BCUT2D eigenvalue weighted by Gasteiger charge is -2.21. The maximum absolute atomic E-state index is 4.45. The van der Waals surface area contributed by atoms with E-state index >= 15 is 0 Å². The number of rotatable bonds is 0. The minimum Gasteiger partial charge on any atom is -0.323 e. The number of fused-ring (bicyclic) bond motifs is 1. The third kappa shape index (κ3) is 1.09. The van der Waals surface area contributed by atoms with Gasteiger partial charge in [-0.15, -0.1) is 0 Å². The van der Waals surface area contributed by atoms with Crippen molar-refractivity contribution in [2.45, 2.75) is 13.8 Å². The monoisotopic (exact) mass is 166 g/mol. The van der Waals surface area contributed by atoms with Crippen LogP contribution in [-0.2, 0) is 0 Å². The molecule has 0 atom stereocenters. The van der Waals surface area contributed by atoms with Gasteiger partial charge < -0.3 is 4.90 Å². The van der Waals surface area contributed by atoms with Gasteiger partial charge in [-0.05, 0) is 24.8 Å². The second-order valence-corrected chi connectivity index (χ2v) is 3.66. The first-order valence-corrected chi connectivity index (χ1v) is 4.50. The van der Waals surface area contributed by atoms with Gasteiger partial charge in [-0.3, -0.25) is 0 Å². The van der Waals surface area contributed by atoms with Crippen LogP contribution < -0.4 is 0 Å². The number of nitrogens with zero attached hydrogens (tertiary/aromatic N) is 2. The normalized spacial score (nSPS) is 22.4. The molecule has 0 bridgehead atoms. The van der Waals surface area contributed by atoms with Gasteiger partial charge in [0, 0.05) is 18.4 Å². The first-order valence-electron chi connectivity index (χ1n) is 3.62. The second kappa shape index (κ2) is 2.41. The molecular weight excluding hydrogens is 156 g/mol. The zero-order valence-electron chi connectivity index (χ0n) is 6.66. The lowest BCUT2D eigenvalue weighted by Crippen LogP contribution is -2.25. The van der Waals surface area contributed by atoms with Gasteiger partial charge in [-0.2, -0.15) is 0 Å². The second-order valence-electron chi connectivity index (χ2n) is 2.79. The summed E-state index contributed by atoms with van der Waals surface area (Å²) >= 11 is 1.69. The van der Waals surface area contributed by atoms with Gasteiger partial charge in [0.2, 0.25) is 0 Å². The number of aliphatic imine (C=N–C) groups is 1. The van der Waals surface area contributed by atoms with Gasteiger partial charge in [0.15, 0.2) is 5.17 Å². The Labute approximate surface area is 70.7 Å². The van der Waals surface area contributed by atoms with Crippen molar-refractivity contribution in [1.29, 1.82) is 0 Å². The van der Waals surface area contributed by atoms with Crippen LogP contribution in [0, 0.1) is 0 Å². The molecule has 2 rings (SSSR count). The van der Waals surface area contributed by atoms with Crippen LogP contribution in [-0.4, -0.2) is 16.6 Å². The first-order chi connectivity index (χ1) is 5.27. The number of allylic oxidation sites excluding steroid dienone is 1. The van der Waals surface area contributed by atoms with Crippen molar-refractivity contribution in [3.05, 3.63) is 22.9 Å². The van der Waals surface area contributed by atoms with Crippen molar-refractivity contribution in [2.24, 2.45) is 4.99 Å². The van der Waals surface area contributed by atoms with Crippen LogP contribution in [0.15, 0.2) is 27.9 Å². The number of hydrogen-bond acceptors (Lipinski definition) is 3. The minimum atomic E-state index is 1.01. The Morgan fingerprint density at radius 2 is 2.36 bits per heavy atom. The fourth-order valence-corrected chi connectivity index (χ4v) is 1.90. The van der Waals surface area contributed by atoms with Crippen LogP contribution in [0.2, 0.25) is 0 Å². The molecule has 0 aliphatic carbocycles. The molecule has 2 aliphatic rings. The third-order valence-corrected chi connectivity index (χ3v) is 2.74. The van der Waals surface area contributed by atoms with Crippen molar-refractivity contribution in [3.8, 4) is 0 Å². The van der Waals surface area contributed by atoms with Crippen molar-refractivity contribution in [3.63, 3.8) is 0 Å². The molecule has 3 heteroatoms. The zero-order valence-corrected chi connectivity index (χ0v) is 7.48. The average molecular weight is 166 g/mol. The molecule has 2 nitrogen and oxygen atoms in total. The summed E-state index contributed by atoms with van der Waals surface area (Å²) in [5.41, 5.74) is 2.54. The fraction of sp³-hybridized carbons (Fsp3) is 0.375. The summed E-state index contributed by atoms with van der Waals surface area (Å²) < 4.78 is 0. The quantitative estimate of drug-likeness (QED) is 0.548. The van der Waals surface area contributed by atoms with Gasteiger partial charge in [0.05, 0.1) is 0 Å². The largest absolute Gasteiger partial charge is 0.323 e. The van der Waals surface area contributed by atoms with Gasteiger partial charge in [-0.25, -0.2) is 4.99 Å². The van der Waals surface area contributed by atoms with E-state index in [1.165, 1.54) is 11.3 Å². The Morgan fingerprint density at radius 3 is 3.18 bits per heavy atom. The van der Waals surface area contributed by atoms with Crippen molar-refractivity contribution < 1.29 is 0 Å². The fourth-order valence-electron chi connectivity index (χ4n) is 1.12. The summed E-state index contributed by atoms with van der Waals surface area (Å²) in [4.78, 5) is 6.62. The van der Waals surface area contributed by atoms with Crippen molar-refractivity contribution in [2.75, 3.05) is 6.54 Å². The predicted octanol–water partition coefficient (Wildman–Crippen LogP) is 2.17. The molecule has 0 aromatic heterocycles. The van der Waals surface area contributed by atoms with Crippen LogP contribution in [0.25, 0.3) is 0 Å². The molecule has 0 fully saturated rings.